The summed E-state index contributed by atoms with van der Waals surface area (Å²) in [6, 6.07) is 23.1. The number of carbonyl (C=O) groups is 1. The fourth-order valence-electron chi connectivity index (χ4n) is 4.43. The van der Waals surface area contributed by atoms with Crippen LogP contribution in [0.25, 0.3) is 11.3 Å². The summed E-state index contributed by atoms with van der Waals surface area (Å²) in [5, 5.41) is 12.9. The first-order valence-corrected chi connectivity index (χ1v) is 15.8. The molecule has 11 heteroatoms. The molecule has 1 atom stereocenters. The minimum Gasteiger partial charge on any atom is -0.459 e. The van der Waals surface area contributed by atoms with Crippen molar-refractivity contribution in [1.82, 2.24) is 9.97 Å². The second kappa shape index (κ2) is 13.6. The molecule has 4 rings (SSSR count). The predicted octanol–water partition coefficient (Wildman–Crippen LogP) is 5.57. The monoisotopic (exact) mass is 627 g/mol. The maximum Gasteiger partial charge on any atom is 0.318 e. The Hall–Kier alpha value is -4.63. The van der Waals surface area contributed by atoms with Gasteiger partial charge in [0.05, 0.1) is 29.0 Å². The Morgan fingerprint density at radius 2 is 1.71 bits per heavy atom. The number of nitriles is 1. The fourth-order valence-corrected chi connectivity index (χ4v) is 5.33. The second-order valence-electron chi connectivity index (χ2n) is 11.8. The van der Waals surface area contributed by atoms with Crippen molar-refractivity contribution >= 4 is 27.7 Å². The van der Waals surface area contributed by atoms with Crippen molar-refractivity contribution in [1.29, 1.82) is 5.26 Å². The van der Waals surface area contributed by atoms with Gasteiger partial charge in [-0.25, -0.2) is 9.97 Å². The van der Waals surface area contributed by atoms with Crippen LogP contribution in [0.15, 0.2) is 83.9 Å². The van der Waals surface area contributed by atoms with E-state index < -0.39 is 27.1 Å². The molecule has 1 aromatic heterocycles. The second-order valence-corrected chi connectivity index (χ2v) is 13.5. The molecule has 0 spiro atoms. The first-order chi connectivity index (χ1) is 21.2. The van der Waals surface area contributed by atoms with Gasteiger partial charge in [0, 0.05) is 17.8 Å². The van der Waals surface area contributed by atoms with Crippen molar-refractivity contribution in [2.45, 2.75) is 57.0 Å². The van der Waals surface area contributed by atoms with Gasteiger partial charge in [-0.1, -0.05) is 54.1 Å². The molecule has 0 aliphatic rings. The Morgan fingerprint density at radius 3 is 2.33 bits per heavy atom. The van der Waals surface area contributed by atoms with Crippen LogP contribution >= 0.6 is 0 Å². The zero-order valence-electron chi connectivity index (χ0n) is 26.0. The van der Waals surface area contributed by atoms with Crippen molar-refractivity contribution in [2.75, 3.05) is 18.5 Å². The largest absolute Gasteiger partial charge is 0.459 e. The quantitative estimate of drug-likeness (QED) is 0.159. The van der Waals surface area contributed by atoms with E-state index in [4.69, 9.17) is 14.7 Å². The Morgan fingerprint density at radius 1 is 1.02 bits per heavy atom. The van der Waals surface area contributed by atoms with Crippen LogP contribution in [0.5, 0.6) is 0 Å². The number of rotatable bonds is 11. The third kappa shape index (κ3) is 8.30. The number of hydrogen-bond donors (Lipinski definition) is 2. The van der Waals surface area contributed by atoms with Crippen LogP contribution in [-0.2, 0) is 35.7 Å². The number of hydrogen-bond acceptors (Lipinski definition) is 10. The van der Waals surface area contributed by atoms with Gasteiger partial charge < -0.3 is 15.8 Å². The minimum atomic E-state index is -3.86. The van der Waals surface area contributed by atoms with Crippen LogP contribution in [0.2, 0.25) is 0 Å². The number of anilines is 2. The number of esters is 1. The molecule has 45 heavy (non-hydrogen) atoms. The van der Waals surface area contributed by atoms with Crippen molar-refractivity contribution in [3.8, 4) is 17.3 Å². The van der Waals surface area contributed by atoms with E-state index in [2.05, 4.69) is 21.4 Å². The molecule has 1 unspecified atom stereocenters. The highest BCUT2D eigenvalue weighted by atomic mass is 32.2. The Balaban J connectivity index is 1.49. The maximum atomic E-state index is 13.0. The van der Waals surface area contributed by atoms with Crippen LogP contribution in [0, 0.1) is 18.3 Å². The molecule has 10 nitrogen and oxygen atoms in total. The van der Waals surface area contributed by atoms with Gasteiger partial charge in [0.25, 0.3) is 10.1 Å². The molecule has 3 N–H and O–H groups in total. The van der Waals surface area contributed by atoms with Crippen LogP contribution in [0.1, 0.15) is 49.9 Å². The van der Waals surface area contributed by atoms with Crippen molar-refractivity contribution in [2.24, 2.45) is 5.73 Å². The summed E-state index contributed by atoms with van der Waals surface area (Å²) in [4.78, 5) is 22.0. The predicted molar refractivity (Wildman–Crippen MR) is 172 cm³/mol. The smallest absolute Gasteiger partial charge is 0.318 e. The number of carbonyl (C=O) groups excluding carboxylic acids is 1. The molecule has 4 aromatic rings. The lowest BCUT2D eigenvalue weighted by Gasteiger charge is -2.31. The molecule has 0 aliphatic carbocycles. The molecule has 234 valence electrons. The van der Waals surface area contributed by atoms with E-state index in [1.54, 1.807) is 64.1 Å². The van der Waals surface area contributed by atoms with Crippen molar-refractivity contribution in [3.05, 3.63) is 101 Å². The highest BCUT2D eigenvalue weighted by Gasteiger charge is 2.37. The van der Waals surface area contributed by atoms with E-state index in [-0.39, 0.29) is 29.6 Å². The van der Waals surface area contributed by atoms with Gasteiger partial charge in [0.15, 0.2) is 0 Å². The summed E-state index contributed by atoms with van der Waals surface area (Å²) in [6.45, 7) is 9.07. The number of aromatic nitrogens is 2. The van der Waals surface area contributed by atoms with E-state index in [1.807, 2.05) is 31.2 Å². The Labute approximate surface area is 264 Å². The lowest BCUT2D eigenvalue weighted by Crippen LogP contribution is -2.44. The van der Waals surface area contributed by atoms with E-state index in [0.717, 1.165) is 11.1 Å². The standard InChI is InChI=1S/C34H37N5O5S/c1-23-9-15-29(16-10-23)45(41,42)43-18-17-24-7-6-8-28(19-24)38-32-37-21-26(20-35)30(39-32)25-11-13-27(14-12-25)34(5,22-36)31(40)44-33(2,3)4/h6-16,19,21H,17-18,22,36H2,1-5H3,(H,37,38,39). The van der Waals surface area contributed by atoms with E-state index >= 15 is 0 Å². The minimum absolute atomic E-state index is 0.0235. The molecular weight excluding hydrogens is 590 g/mol. The SMILES string of the molecule is Cc1ccc(S(=O)(=O)OCCc2cccc(Nc3ncc(C#N)c(-c4ccc(C(C)(CN)C(=O)OC(C)(C)C)cc4)n3)c2)cc1. The van der Waals surface area contributed by atoms with Gasteiger partial charge >= 0.3 is 5.97 Å². The normalized spacial score (nSPS) is 13.0. The summed E-state index contributed by atoms with van der Waals surface area (Å²) in [6.07, 6.45) is 1.80. The lowest BCUT2D eigenvalue weighted by atomic mass is 9.82. The number of benzene rings is 3. The molecule has 0 saturated carbocycles. The number of nitrogens with zero attached hydrogens (tertiary/aromatic N) is 3. The van der Waals surface area contributed by atoms with Crippen LogP contribution in [-0.4, -0.2) is 43.1 Å². The number of nitrogens with one attached hydrogen (secondary N) is 1. The molecule has 0 saturated heterocycles. The zero-order valence-corrected chi connectivity index (χ0v) is 26.8. The van der Waals surface area contributed by atoms with Gasteiger partial charge in [-0.15, -0.1) is 0 Å². The number of ether oxygens (including phenoxy) is 1. The van der Waals surface area contributed by atoms with Crippen LogP contribution in [0.3, 0.4) is 0 Å². The maximum absolute atomic E-state index is 13.0. The average molecular weight is 628 g/mol. The van der Waals surface area contributed by atoms with E-state index in [9.17, 15) is 18.5 Å². The highest BCUT2D eigenvalue weighted by Crippen LogP contribution is 2.30. The van der Waals surface area contributed by atoms with Crippen molar-refractivity contribution < 1.29 is 22.1 Å². The molecule has 0 aliphatic heterocycles. The number of aryl methyl sites for hydroxylation is 1. The third-order valence-corrected chi connectivity index (χ3v) is 8.41. The topological polar surface area (TPSA) is 157 Å². The molecular formula is C34H37N5O5S. The molecule has 0 bridgehead atoms. The summed E-state index contributed by atoms with van der Waals surface area (Å²) >= 11 is 0. The van der Waals surface area contributed by atoms with E-state index in [1.165, 1.54) is 18.3 Å². The van der Waals surface area contributed by atoms with Crippen LogP contribution in [0.4, 0.5) is 11.6 Å². The van der Waals surface area contributed by atoms with Gasteiger partial charge in [-0.2, -0.15) is 13.7 Å². The first kappa shape index (κ1) is 33.3. The first-order valence-electron chi connectivity index (χ1n) is 14.4. The zero-order chi connectivity index (χ0) is 32.8. The lowest BCUT2D eigenvalue weighted by molar-refractivity contribution is -0.161. The van der Waals surface area contributed by atoms with Gasteiger partial charge in [-0.05, 0) is 76.4 Å². The van der Waals surface area contributed by atoms with Gasteiger partial charge in [0.1, 0.15) is 17.1 Å². The molecule has 0 amide bonds. The highest BCUT2D eigenvalue weighted by molar-refractivity contribution is 7.86. The van der Waals surface area contributed by atoms with Gasteiger partial charge in [-0.3, -0.25) is 8.98 Å². The Bertz CT molecular complexity index is 1810. The Kier molecular flexibility index (Phi) is 10.0. The summed E-state index contributed by atoms with van der Waals surface area (Å²) in [7, 11) is -3.86. The molecule has 0 radical (unpaired) electrons. The number of nitrogens with two attached hydrogens (primary N) is 1. The third-order valence-electron chi connectivity index (χ3n) is 7.08. The average Bonchev–Trinajstić information content (AvgIpc) is 3.00. The molecule has 3 aromatic carbocycles. The van der Waals surface area contributed by atoms with Crippen LogP contribution < -0.4 is 11.1 Å². The molecule has 0 fully saturated rings. The molecule has 1 heterocycles. The van der Waals surface area contributed by atoms with Gasteiger partial charge in [0.2, 0.25) is 5.95 Å². The summed E-state index contributed by atoms with van der Waals surface area (Å²) in [5.74, 6) is -0.151. The summed E-state index contributed by atoms with van der Waals surface area (Å²) < 4.78 is 35.9. The summed E-state index contributed by atoms with van der Waals surface area (Å²) in [5.41, 5.74) is 8.83. The van der Waals surface area contributed by atoms with E-state index in [0.29, 0.717) is 28.9 Å². The van der Waals surface area contributed by atoms with Crippen molar-refractivity contribution in [3.63, 3.8) is 0 Å². The fraction of sp³-hybridized carbons (Fsp3) is 0.294.